The van der Waals surface area contributed by atoms with Crippen LogP contribution < -0.4 is 36.7 Å². The smallest absolute Gasteiger partial charge is 0.413 e. The molecular formula is C28H36N6O6. The van der Waals surface area contributed by atoms with Crippen molar-refractivity contribution in [3.05, 3.63) is 52.8 Å². The number of anilines is 2. The van der Waals surface area contributed by atoms with Crippen LogP contribution in [0.4, 0.5) is 16.4 Å². The van der Waals surface area contributed by atoms with Crippen LogP contribution in [0.1, 0.15) is 25.7 Å². The molecule has 0 saturated heterocycles. The highest BCUT2D eigenvalue weighted by Crippen LogP contribution is 2.25. The van der Waals surface area contributed by atoms with Crippen LogP contribution in [0.2, 0.25) is 0 Å². The van der Waals surface area contributed by atoms with Crippen LogP contribution in [0.25, 0.3) is 10.9 Å². The second kappa shape index (κ2) is 14.3. The van der Waals surface area contributed by atoms with Crippen molar-refractivity contribution in [2.45, 2.75) is 44.4 Å². The molecular weight excluding hydrogens is 516 g/mol. The van der Waals surface area contributed by atoms with Gasteiger partial charge in [0.05, 0.1) is 5.52 Å². The van der Waals surface area contributed by atoms with Gasteiger partial charge in [-0.1, -0.05) is 0 Å². The fourth-order valence-electron chi connectivity index (χ4n) is 4.80. The van der Waals surface area contributed by atoms with Gasteiger partial charge in [-0.3, -0.25) is 14.9 Å². The highest BCUT2D eigenvalue weighted by Gasteiger charge is 2.25. The van der Waals surface area contributed by atoms with E-state index in [1.54, 1.807) is 29.8 Å². The van der Waals surface area contributed by atoms with E-state index in [0.717, 1.165) is 30.2 Å². The van der Waals surface area contributed by atoms with Crippen molar-refractivity contribution < 1.29 is 23.8 Å². The highest BCUT2D eigenvalue weighted by molar-refractivity contribution is 5.84. The predicted molar refractivity (Wildman–Crippen MR) is 152 cm³/mol. The Balaban J connectivity index is 1.29. The average molecular weight is 553 g/mol. The van der Waals surface area contributed by atoms with E-state index in [2.05, 4.69) is 20.9 Å². The second-order valence-electron chi connectivity index (χ2n) is 9.42. The molecule has 2 unspecified atom stereocenters. The summed E-state index contributed by atoms with van der Waals surface area (Å²) in [4.78, 5) is 40.1. The molecule has 1 fully saturated rings. The number of fused-ring (bicyclic) bond motifs is 1. The van der Waals surface area contributed by atoms with Crippen LogP contribution in [-0.2, 0) is 16.1 Å². The molecule has 12 heteroatoms. The molecule has 1 aliphatic rings. The Morgan fingerprint density at radius 2 is 2.02 bits per heavy atom. The molecule has 5 N–H and O–H groups in total. The van der Waals surface area contributed by atoms with Crippen LogP contribution in [0, 0.1) is 0 Å². The predicted octanol–water partition coefficient (Wildman–Crippen LogP) is 2.50. The molecule has 1 aromatic carbocycles. The second-order valence-corrected chi connectivity index (χ2v) is 9.42. The van der Waals surface area contributed by atoms with Crippen molar-refractivity contribution in [1.82, 2.24) is 14.9 Å². The topological polar surface area (TPSA) is 159 Å². The lowest BCUT2D eigenvalue weighted by molar-refractivity contribution is -0.109. The number of carbonyl (C=O) groups excluding carboxylic acids is 2. The minimum atomic E-state index is -0.586. The van der Waals surface area contributed by atoms with Crippen LogP contribution in [0.5, 0.6) is 11.5 Å². The Labute approximate surface area is 232 Å². The van der Waals surface area contributed by atoms with Crippen LogP contribution in [-0.4, -0.2) is 67.4 Å². The first-order chi connectivity index (χ1) is 19.5. The van der Waals surface area contributed by atoms with Gasteiger partial charge in [-0.05, 0) is 61.4 Å². The van der Waals surface area contributed by atoms with Crippen molar-refractivity contribution in [2.75, 3.05) is 44.0 Å². The Kier molecular flexibility index (Phi) is 10.3. The van der Waals surface area contributed by atoms with E-state index in [1.807, 2.05) is 24.3 Å². The van der Waals surface area contributed by atoms with E-state index in [4.69, 9.17) is 19.9 Å². The molecule has 3 aromatic rings. The van der Waals surface area contributed by atoms with E-state index in [-0.39, 0.29) is 24.3 Å². The standard InChI is InChI=1S/C28H36N6O6/c1-30-27-24(39-16-14-35)8-9-25(32-27)33-28(37)40-22-4-2-3-20(17-22)31-12-13-34-23-18-21(38-15-11-29)7-5-19(23)6-10-26(34)36/h5-10,14,18,20,22,31H,2-4,11-13,15-17,29H2,1H3,(H2,30,32,33,37). The van der Waals surface area contributed by atoms with Crippen LogP contribution >= 0.6 is 0 Å². The number of nitrogens with zero attached hydrogens (tertiary/aromatic N) is 2. The van der Waals surface area contributed by atoms with Gasteiger partial charge in [-0.25, -0.2) is 9.78 Å². The highest BCUT2D eigenvalue weighted by atomic mass is 16.6. The number of rotatable bonds is 13. The van der Waals surface area contributed by atoms with Gasteiger partial charge in [-0.2, -0.15) is 0 Å². The molecule has 1 saturated carbocycles. The zero-order valence-corrected chi connectivity index (χ0v) is 22.6. The summed E-state index contributed by atoms with van der Waals surface area (Å²) in [5, 5.41) is 10.0. The van der Waals surface area contributed by atoms with E-state index in [9.17, 15) is 14.4 Å². The number of nitrogens with two attached hydrogens (primary N) is 1. The number of pyridine rings is 2. The summed E-state index contributed by atoms with van der Waals surface area (Å²) in [6, 6.07) is 12.4. The first-order valence-corrected chi connectivity index (χ1v) is 13.4. The summed E-state index contributed by atoms with van der Waals surface area (Å²) >= 11 is 0. The normalized spacial score (nSPS) is 16.8. The van der Waals surface area contributed by atoms with E-state index >= 15 is 0 Å². The molecule has 2 aromatic heterocycles. The Morgan fingerprint density at radius 3 is 2.83 bits per heavy atom. The van der Waals surface area contributed by atoms with Crippen molar-refractivity contribution >= 4 is 34.9 Å². The molecule has 12 nitrogen and oxygen atoms in total. The molecule has 0 spiro atoms. The molecule has 0 bridgehead atoms. The van der Waals surface area contributed by atoms with Gasteiger partial charge in [0.2, 0.25) is 0 Å². The van der Waals surface area contributed by atoms with Gasteiger partial charge in [0, 0.05) is 44.9 Å². The summed E-state index contributed by atoms with van der Waals surface area (Å²) in [6.45, 7) is 1.81. The van der Waals surface area contributed by atoms with Gasteiger partial charge in [0.15, 0.2) is 17.9 Å². The van der Waals surface area contributed by atoms with E-state index < -0.39 is 6.09 Å². The maximum Gasteiger partial charge on any atom is 0.413 e. The zero-order chi connectivity index (χ0) is 28.3. The third-order valence-corrected chi connectivity index (χ3v) is 6.65. The lowest BCUT2D eigenvalue weighted by Gasteiger charge is -2.29. The first-order valence-electron chi connectivity index (χ1n) is 13.4. The molecule has 1 amide bonds. The maximum absolute atomic E-state index is 12.6. The Morgan fingerprint density at radius 1 is 1.18 bits per heavy atom. The number of amides is 1. The Bertz CT molecular complexity index is 1360. The number of ether oxygens (including phenoxy) is 3. The largest absolute Gasteiger partial charge is 0.492 e. The van der Waals surface area contributed by atoms with Gasteiger partial charge < -0.3 is 35.1 Å². The lowest BCUT2D eigenvalue weighted by Crippen LogP contribution is -2.40. The third-order valence-electron chi connectivity index (χ3n) is 6.65. The van der Waals surface area contributed by atoms with Crippen molar-refractivity contribution in [1.29, 1.82) is 0 Å². The first kappa shape index (κ1) is 28.8. The van der Waals surface area contributed by atoms with E-state index in [0.29, 0.717) is 62.1 Å². The summed E-state index contributed by atoms with van der Waals surface area (Å²) in [5.74, 6) is 1.78. The van der Waals surface area contributed by atoms with Crippen LogP contribution in [0.15, 0.2) is 47.3 Å². The zero-order valence-electron chi connectivity index (χ0n) is 22.6. The molecule has 1 aliphatic carbocycles. The van der Waals surface area contributed by atoms with Gasteiger partial charge in [0.25, 0.3) is 5.56 Å². The monoisotopic (exact) mass is 552 g/mol. The minimum absolute atomic E-state index is 0.0785. The quantitative estimate of drug-likeness (QED) is 0.232. The summed E-state index contributed by atoms with van der Waals surface area (Å²) in [7, 11) is 1.67. The Hall–Kier alpha value is -4.16. The molecule has 2 heterocycles. The summed E-state index contributed by atoms with van der Waals surface area (Å²) in [5.41, 5.74) is 6.27. The van der Waals surface area contributed by atoms with Gasteiger partial charge in [-0.15, -0.1) is 0 Å². The molecule has 40 heavy (non-hydrogen) atoms. The number of carbonyl (C=O) groups is 2. The molecule has 0 radical (unpaired) electrons. The number of aromatic nitrogens is 2. The summed E-state index contributed by atoms with van der Waals surface area (Å²) in [6.07, 6.45) is 3.13. The minimum Gasteiger partial charge on any atom is -0.492 e. The fraction of sp³-hybridized carbons (Fsp3) is 0.429. The third kappa shape index (κ3) is 7.70. The van der Waals surface area contributed by atoms with E-state index in [1.165, 1.54) is 0 Å². The number of benzene rings is 1. The van der Waals surface area contributed by atoms with Crippen LogP contribution in [0.3, 0.4) is 0 Å². The number of hydrogen-bond donors (Lipinski definition) is 4. The maximum atomic E-state index is 12.6. The number of hydrogen-bond acceptors (Lipinski definition) is 10. The summed E-state index contributed by atoms with van der Waals surface area (Å²) < 4.78 is 18.4. The molecule has 0 aliphatic heterocycles. The number of aldehydes is 1. The van der Waals surface area contributed by atoms with Gasteiger partial charge >= 0.3 is 6.09 Å². The lowest BCUT2D eigenvalue weighted by atomic mass is 9.93. The average Bonchev–Trinajstić information content (AvgIpc) is 2.96. The molecule has 4 rings (SSSR count). The molecule has 2 atom stereocenters. The van der Waals surface area contributed by atoms with Crippen molar-refractivity contribution in [3.63, 3.8) is 0 Å². The molecule has 214 valence electrons. The van der Waals surface area contributed by atoms with Gasteiger partial charge in [0.1, 0.15) is 30.9 Å². The SMILES string of the molecule is CNc1nc(NC(=O)OC2CCCC(NCCn3c(=O)ccc4ccc(OCCN)cc43)C2)ccc1OCC=O. The van der Waals surface area contributed by atoms with Crippen molar-refractivity contribution in [3.8, 4) is 11.5 Å². The van der Waals surface area contributed by atoms with Crippen molar-refractivity contribution in [2.24, 2.45) is 5.73 Å². The number of nitrogens with one attached hydrogen (secondary N) is 3. The fourth-order valence-corrected chi connectivity index (χ4v) is 4.80.